The van der Waals surface area contributed by atoms with Gasteiger partial charge >= 0.3 is 0 Å². The molecule has 1 fully saturated rings. The summed E-state index contributed by atoms with van der Waals surface area (Å²) in [5.74, 6) is -1.06. The summed E-state index contributed by atoms with van der Waals surface area (Å²) in [5.41, 5.74) is 0.0605. The average molecular weight is 269 g/mol. The highest BCUT2D eigenvalue weighted by atomic mass is 19.2. The molecular weight excluding hydrogens is 248 g/mol. The molecule has 1 unspecified atom stereocenters. The van der Waals surface area contributed by atoms with Gasteiger partial charge in [-0.25, -0.2) is 8.78 Å². The fraction of sp³-hybridized carbons (Fsp3) is 0.600. The summed E-state index contributed by atoms with van der Waals surface area (Å²) in [5, 5.41) is 9.98. The molecule has 0 radical (unpaired) electrons. The largest absolute Gasteiger partial charge is 0.388 e. The molecule has 1 atom stereocenters. The van der Waals surface area contributed by atoms with E-state index < -0.39 is 17.7 Å². The van der Waals surface area contributed by atoms with Crippen LogP contribution in [0.1, 0.15) is 37.9 Å². The molecule has 0 spiro atoms. The molecule has 1 saturated heterocycles. The van der Waals surface area contributed by atoms with Crippen LogP contribution >= 0.6 is 0 Å². The lowest BCUT2D eigenvalue weighted by atomic mass is 9.98. The van der Waals surface area contributed by atoms with Crippen LogP contribution in [0, 0.1) is 17.6 Å². The highest BCUT2D eigenvalue weighted by molar-refractivity contribution is 5.21. The van der Waals surface area contributed by atoms with Crippen molar-refractivity contribution < 1.29 is 13.9 Å². The van der Waals surface area contributed by atoms with E-state index in [4.69, 9.17) is 0 Å². The van der Waals surface area contributed by atoms with Crippen molar-refractivity contribution in [2.75, 3.05) is 19.6 Å². The molecule has 0 bridgehead atoms. The van der Waals surface area contributed by atoms with Crippen LogP contribution < -0.4 is 0 Å². The number of halogens is 2. The van der Waals surface area contributed by atoms with Gasteiger partial charge in [0.05, 0.1) is 6.10 Å². The predicted molar refractivity (Wildman–Crippen MR) is 70.8 cm³/mol. The van der Waals surface area contributed by atoms with Gasteiger partial charge in [-0.1, -0.05) is 19.1 Å². The van der Waals surface area contributed by atoms with Gasteiger partial charge in [-0.3, -0.25) is 0 Å². The third kappa shape index (κ3) is 3.74. The number of hydrogen-bond acceptors (Lipinski definition) is 2. The van der Waals surface area contributed by atoms with Crippen LogP contribution in [0.15, 0.2) is 18.2 Å². The number of hydrogen-bond donors (Lipinski definition) is 1. The molecular formula is C15H21F2NO. The van der Waals surface area contributed by atoms with Crippen molar-refractivity contribution in [2.24, 2.45) is 5.92 Å². The Hall–Kier alpha value is -1.00. The molecule has 0 aromatic heterocycles. The number of nitrogens with zero attached hydrogens (tertiary/aromatic N) is 1. The molecule has 106 valence electrons. The van der Waals surface area contributed by atoms with Gasteiger partial charge in [-0.2, -0.15) is 0 Å². The standard InChI is InChI=1S/C15H21F2NO/c1-11-5-8-18(9-6-11)10-7-14(19)12-3-2-4-13(16)15(12)17/h2-4,11,14,19H,5-10H2,1H3. The maximum Gasteiger partial charge on any atom is 0.164 e. The van der Waals surface area contributed by atoms with Crippen LogP contribution in [0.4, 0.5) is 8.78 Å². The maximum absolute atomic E-state index is 13.5. The first-order valence-electron chi connectivity index (χ1n) is 6.92. The van der Waals surface area contributed by atoms with Crippen LogP contribution in [0.3, 0.4) is 0 Å². The van der Waals surface area contributed by atoms with E-state index in [2.05, 4.69) is 11.8 Å². The third-order valence-electron chi connectivity index (χ3n) is 3.94. The van der Waals surface area contributed by atoms with Crippen LogP contribution in [-0.4, -0.2) is 29.6 Å². The molecule has 19 heavy (non-hydrogen) atoms. The van der Waals surface area contributed by atoms with Gasteiger partial charge < -0.3 is 10.0 Å². The van der Waals surface area contributed by atoms with Crippen molar-refractivity contribution in [3.8, 4) is 0 Å². The molecule has 1 aliphatic rings. The minimum atomic E-state index is -0.935. The van der Waals surface area contributed by atoms with E-state index in [9.17, 15) is 13.9 Å². The minimum absolute atomic E-state index is 0.0605. The van der Waals surface area contributed by atoms with Crippen molar-refractivity contribution in [1.29, 1.82) is 0 Å². The first-order valence-corrected chi connectivity index (χ1v) is 6.92. The number of rotatable bonds is 4. The van der Waals surface area contributed by atoms with E-state index in [1.165, 1.54) is 25.0 Å². The van der Waals surface area contributed by atoms with Crippen LogP contribution in [-0.2, 0) is 0 Å². The molecule has 1 aromatic rings. The lowest BCUT2D eigenvalue weighted by Crippen LogP contribution is -2.34. The zero-order valence-corrected chi connectivity index (χ0v) is 11.3. The third-order valence-corrected chi connectivity index (χ3v) is 3.94. The Kier molecular flexibility index (Phi) is 4.88. The summed E-state index contributed by atoms with van der Waals surface area (Å²) in [6.07, 6.45) is 1.85. The van der Waals surface area contributed by atoms with Crippen molar-refractivity contribution >= 4 is 0 Å². The van der Waals surface area contributed by atoms with Gasteiger partial charge in [0.1, 0.15) is 0 Å². The zero-order valence-electron chi connectivity index (χ0n) is 11.3. The normalized spacial score (nSPS) is 19.6. The van der Waals surface area contributed by atoms with Gasteiger partial charge in [-0.15, -0.1) is 0 Å². The van der Waals surface area contributed by atoms with E-state index in [0.29, 0.717) is 6.42 Å². The fourth-order valence-electron chi connectivity index (χ4n) is 2.52. The maximum atomic E-state index is 13.5. The monoisotopic (exact) mass is 269 g/mol. The minimum Gasteiger partial charge on any atom is -0.388 e. The summed E-state index contributed by atoms with van der Waals surface area (Å²) in [6, 6.07) is 3.94. The highest BCUT2D eigenvalue weighted by Gasteiger charge is 2.19. The van der Waals surface area contributed by atoms with E-state index >= 15 is 0 Å². The van der Waals surface area contributed by atoms with Crippen molar-refractivity contribution in [1.82, 2.24) is 4.90 Å². The molecule has 0 amide bonds. The summed E-state index contributed by atoms with van der Waals surface area (Å²) in [7, 11) is 0. The first kappa shape index (κ1) is 14.4. The van der Waals surface area contributed by atoms with Crippen LogP contribution in [0.25, 0.3) is 0 Å². The predicted octanol–water partition coefficient (Wildman–Crippen LogP) is 3.12. The molecule has 0 aliphatic carbocycles. The van der Waals surface area contributed by atoms with Gasteiger partial charge in [0.25, 0.3) is 0 Å². The van der Waals surface area contributed by atoms with Crippen molar-refractivity contribution in [3.63, 3.8) is 0 Å². The Bertz CT molecular complexity index is 417. The van der Waals surface area contributed by atoms with E-state index in [0.717, 1.165) is 31.6 Å². The van der Waals surface area contributed by atoms with Gasteiger partial charge in [0.15, 0.2) is 11.6 Å². The molecule has 1 N–H and O–H groups in total. The molecule has 2 rings (SSSR count). The topological polar surface area (TPSA) is 23.5 Å². The summed E-state index contributed by atoms with van der Waals surface area (Å²) in [6.45, 7) is 5.02. The Balaban J connectivity index is 1.87. The van der Waals surface area contributed by atoms with Gasteiger partial charge in [0, 0.05) is 12.1 Å². The Morgan fingerprint density at radius 3 is 2.68 bits per heavy atom. The fourth-order valence-corrected chi connectivity index (χ4v) is 2.52. The van der Waals surface area contributed by atoms with Crippen molar-refractivity contribution in [2.45, 2.75) is 32.3 Å². The number of aliphatic hydroxyl groups excluding tert-OH is 1. The van der Waals surface area contributed by atoms with E-state index in [1.54, 1.807) is 0 Å². The van der Waals surface area contributed by atoms with E-state index in [-0.39, 0.29) is 5.56 Å². The summed E-state index contributed by atoms with van der Waals surface area (Å²) >= 11 is 0. The Labute approximate surface area is 113 Å². The summed E-state index contributed by atoms with van der Waals surface area (Å²) in [4.78, 5) is 2.28. The van der Waals surface area contributed by atoms with Crippen molar-refractivity contribution in [3.05, 3.63) is 35.4 Å². The molecule has 1 aromatic carbocycles. The molecule has 2 nitrogen and oxygen atoms in total. The molecule has 1 heterocycles. The number of piperidine rings is 1. The van der Waals surface area contributed by atoms with E-state index in [1.807, 2.05) is 0 Å². The number of benzene rings is 1. The molecule has 1 aliphatic heterocycles. The first-order chi connectivity index (χ1) is 9.08. The number of aliphatic hydroxyl groups is 1. The SMILES string of the molecule is CC1CCN(CCC(O)c2cccc(F)c2F)CC1. The van der Waals surface area contributed by atoms with Gasteiger partial charge in [-0.05, 0) is 44.3 Å². The molecule has 0 saturated carbocycles. The zero-order chi connectivity index (χ0) is 13.8. The van der Waals surface area contributed by atoms with Gasteiger partial charge in [0.2, 0.25) is 0 Å². The van der Waals surface area contributed by atoms with Crippen LogP contribution in [0.5, 0.6) is 0 Å². The second kappa shape index (κ2) is 6.44. The Morgan fingerprint density at radius 1 is 1.32 bits per heavy atom. The molecule has 4 heteroatoms. The lowest BCUT2D eigenvalue weighted by Gasteiger charge is -2.30. The smallest absolute Gasteiger partial charge is 0.164 e. The number of likely N-dealkylation sites (tertiary alicyclic amines) is 1. The van der Waals surface area contributed by atoms with Crippen LogP contribution in [0.2, 0.25) is 0 Å². The highest BCUT2D eigenvalue weighted by Crippen LogP contribution is 2.23. The average Bonchev–Trinajstić information content (AvgIpc) is 2.41. The second-order valence-electron chi connectivity index (χ2n) is 5.47. The lowest BCUT2D eigenvalue weighted by molar-refractivity contribution is 0.122. The Morgan fingerprint density at radius 2 is 2.00 bits per heavy atom. The summed E-state index contributed by atoms with van der Waals surface area (Å²) < 4.78 is 26.6. The second-order valence-corrected chi connectivity index (χ2v) is 5.47. The quantitative estimate of drug-likeness (QED) is 0.907.